The maximum atomic E-state index is 5.81. The summed E-state index contributed by atoms with van der Waals surface area (Å²) >= 11 is 5.81. The summed E-state index contributed by atoms with van der Waals surface area (Å²) in [5.74, 6) is 0.540. The summed E-state index contributed by atoms with van der Waals surface area (Å²) in [6, 6.07) is 11.5. The highest BCUT2D eigenvalue weighted by atomic mass is 35.5. The Balaban J connectivity index is 1.96. The van der Waals surface area contributed by atoms with E-state index in [1.165, 1.54) is 0 Å². The minimum atomic E-state index is 0.440. The molecule has 0 bridgehead atoms. The van der Waals surface area contributed by atoms with Crippen LogP contribution in [0, 0.1) is 0 Å². The minimum absolute atomic E-state index is 0.440. The van der Waals surface area contributed by atoms with Gasteiger partial charge in [-0.3, -0.25) is 0 Å². The quantitative estimate of drug-likeness (QED) is 0.714. The lowest BCUT2D eigenvalue weighted by Crippen LogP contribution is -1.97. The summed E-state index contributed by atoms with van der Waals surface area (Å²) in [6.07, 6.45) is 3.36. The van der Waals surface area contributed by atoms with Gasteiger partial charge in [-0.05, 0) is 18.2 Å². The predicted molar refractivity (Wildman–Crippen MR) is 72.1 cm³/mol. The van der Waals surface area contributed by atoms with Crippen molar-refractivity contribution in [3.63, 3.8) is 0 Å². The maximum Gasteiger partial charge on any atom is 0.227 e. The van der Waals surface area contributed by atoms with E-state index < -0.39 is 0 Å². The molecule has 0 aliphatic heterocycles. The van der Waals surface area contributed by atoms with Gasteiger partial charge in [0.25, 0.3) is 0 Å². The average Bonchev–Trinajstić information content (AvgIpc) is 2.40. The molecule has 0 aliphatic rings. The SMILES string of the molecule is Clc1cc2cnc(Nc3ccccc3)nc2cn1. The lowest BCUT2D eigenvalue weighted by atomic mass is 10.3. The zero-order chi connectivity index (χ0) is 12.4. The zero-order valence-corrected chi connectivity index (χ0v) is 10.1. The van der Waals surface area contributed by atoms with Crippen molar-refractivity contribution in [1.29, 1.82) is 0 Å². The smallest absolute Gasteiger partial charge is 0.227 e. The normalized spacial score (nSPS) is 10.5. The summed E-state index contributed by atoms with van der Waals surface area (Å²) in [4.78, 5) is 12.6. The molecule has 4 nitrogen and oxygen atoms in total. The van der Waals surface area contributed by atoms with Crippen LogP contribution in [-0.2, 0) is 0 Å². The highest BCUT2D eigenvalue weighted by Crippen LogP contribution is 2.17. The summed E-state index contributed by atoms with van der Waals surface area (Å²) in [5.41, 5.74) is 1.70. The first-order valence-electron chi connectivity index (χ1n) is 5.42. The molecule has 0 fully saturated rings. The lowest BCUT2D eigenvalue weighted by molar-refractivity contribution is 1.20. The fourth-order valence-electron chi connectivity index (χ4n) is 1.62. The Morgan fingerprint density at radius 2 is 1.83 bits per heavy atom. The first-order chi connectivity index (χ1) is 8.81. The molecule has 0 saturated heterocycles. The van der Waals surface area contributed by atoms with Crippen LogP contribution < -0.4 is 5.32 Å². The van der Waals surface area contributed by atoms with E-state index in [0.717, 1.165) is 16.6 Å². The number of para-hydroxylation sites is 1. The monoisotopic (exact) mass is 256 g/mol. The van der Waals surface area contributed by atoms with E-state index in [-0.39, 0.29) is 0 Å². The van der Waals surface area contributed by atoms with Gasteiger partial charge in [0.15, 0.2) is 0 Å². The molecule has 2 heterocycles. The zero-order valence-electron chi connectivity index (χ0n) is 9.34. The van der Waals surface area contributed by atoms with Crippen molar-refractivity contribution in [2.24, 2.45) is 0 Å². The van der Waals surface area contributed by atoms with Gasteiger partial charge in [-0.2, -0.15) is 0 Å². The Hall–Kier alpha value is -2.20. The average molecular weight is 257 g/mol. The number of benzene rings is 1. The fraction of sp³-hybridized carbons (Fsp3) is 0. The van der Waals surface area contributed by atoms with Crippen LogP contribution in [0.1, 0.15) is 0 Å². The summed E-state index contributed by atoms with van der Waals surface area (Å²) < 4.78 is 0. The molecule has 88 valence electrons. The van der Waals surface area contributed by atoms with Crippen LogP contribution in [0.15, 0.2) is 48.8 Å². The van der Waals surface area contributed by atoms with E-state index in [9.17, 15) is 0 Å². The number of nitrogens with zero attached hydrogens (tertiary/aromatic N) is 3. The molecule has 5 heteroatoms. The number of nitrogens with one attached hydrogen (secondary N) is 1. The summed E-state index contributed by atoms with van der Waals surface area (Å²) in [7, 11) is 0. The topological polar surface area (TPSA) is 50.7 Å². The van der Waals surface area contributed by atoms with Gasteiger partial charge in [-0.15, -0.1) is 0 Å². The molecule has 0 aliphatic carbocycles. The molecule has 0 saturated carbocycles. The van der Waals surface area contributed by atoms with E-state index >= 15 is 0 Å². The van der Waals surface area contributed by atoms with Crippen molar-refractivity contribution in [3.05, 3.63) is 53.9 Å². The minimum Gasteiger partial charge on any atom is -0.324 e. The van der Waals surface area contributed by atoms with Crippen molar-refractivity contribution in [2.45, 2.75) is 0 Å². The molecule has 1 aromatic carbocycles. The van der Waals surface area contributed by atoms with Crippen molar-refractivity contribution in [3.8, 4) is 0 Å². The Labute approximate surface area is 109 Å². The number of rotatable bonds is 2. The molecule has 0 spiro atoms. The van der Waals surface area contributed by atoms with E-state index in [4.69, 9.17) is 11.6 Å². The van der Waals surface area contributed by atoms with Crippen LogP contribution in [0.4, 0.5) is 11.6 Å². The standard InChI is InChI=1S/C13H9ClN4/c14-12-6-9-7-16-13(18-11(9)8-15-12)17-10-4-2-1-3-5-10/h1-8H,(H,16,17,18). The number of hydrogen-bond acceptors (Lipinski definition) is 4. The molecule has 0 atom stereocenters. The molecule has 3 rings (SSSR count). The van der Waals surface area contributed by atoms with Gasteiger partial charge >= 0.3 is 0 Å². The molecule has 18 heavy (non-hydrogen) atoms. The van der Waals surface area contributed by atoms with Gasteiger partial charge in [-0.25, -0.2) is 15.0 Å². The van der Waals surface area contributed by atoms with E-state index in [1.54, 1.807) is 18.5 Å². The maximum absolute atomic E-state index is 5.81. The van der Waals surface area contributed by atoms with Gasteiger partial charge in [0, 0.05) is 17.3 Å². The van der Waals surface area contributed by atoms with Crippen molar-refractivity contribution >= 4 is 34.1 Å². The third-order valence-electron chi connectivity index (χ3n) is 2.46. The Kier molecular flexibility index (Phi) is 2.78. The number of aromatic nitrogens is 3. The van der Waals surface area contributed by atoms with E-state index in [0.29, 0.717) is 11.1 Å². The second-order valence-electron chi connectivity index (χ2n) is 3.75. The van der Waals surface area contributed by atoms with Gasteiger partial charge in [0.2, 0.25) is 5.95 Å². The summed E-state index contributed by atoms with van der Waals surface area (Å²) in [6.45, 7) is 0. The first-order valence-corrected chi connectivity index (χ1v) is 5.79. The second-order valence-corrected chi connectivity index (χ2v) is 4.14. The van der Waals surface area contributed by atoms with Crippen LogP contribution in [0.25, 0.3) is 10.9 Å². The van der Waals surface area contributed by atoms with Crippen LogP contribution in [0.3, 0.4) is 0 Å². The number of fused-ring (bicyclic) bond motifs is 1. The molecule has 3 aromatic rings. The molecular weight excluding hydrogens is 248 g/mol. The number of hydrogen-bond donors (Lipinski definition) is 1. The third-order valence-corrected chi connectivity index (χ3v) is 2.67. The van der Waals surface area contributed by atoms with Crippen LogP contribution >= 0.6 is 11.6 Å². The third kappa shape index (κ3) is 2.24. The van der Waals surface area contributed by atoms with Crippen LogP contribution in [0.5, 0.6) is 0 Å². The molecular formula is C13H9ClN4. The molecule has 0 amide bonds. The fourth-order valence-corrected chi connectivity index (χ4v) is 1.78. The first kappa shape index (κ1) is 10.9. The van der Waals surface area contributed by atoms with E-state index in [2.05, 4.69) is 20.3 Å². The van der Waals surface area contributed by atoms with Gasteiger partial charge < -0.3 is 5.32 Å². The molecule has 0 unspecified atom stereocenters. The predicted octanol–water partition coefficient (Wildman–Crippen LogP) is 3.42. The highest BCUT2D eigenvalue weighted by molar-refractivity contribution is 6.30. The lowest BCUT2D eigenvalue weighted by Gasteiger charge is -2.05. The van der Waals surface area contributed by atoms with Gasteiger partial charge in [0.1, 0.15) is 5.15 Å². The Bertz CT molecular complexity index is 685. The number of pyridine rings is 1. The van der Waals surface area contributed by atoms with E-state index in [1.807, 2.05) is 30.3 Å². The van der Waals surface area contributed by atoms with Crippen molar-refractivity contribution in [1.82, 2.24) is 15.0 Å². The number of anilines is 2. The largest absolute Gasteiger partial charge is 0.324 e. The summed E-state index contributed by atoms with van der Waals surface area (Å²) in [5, 5.41) is 4.44. The Morgan fingerprint density at radius 3 is 2.67 bits per heavy atom. The second kappa shape index (κ2) is 4.58. The van der Waals surface area contributed by atoms with Crippen molar-refractivity contribution < 1.29 is 0 Å². The van der Waals surface area contributed by atoms with Gasteiger partial charge in [-0.1, -0.05) is 29.8 Å². The van der Waals surface area contributed by atoms with Crippen LogP contribution in [0.2, 0.25) is 5.15 Å². The van der Waals surface area contributed by atoms with Crippen LogP contribution in [-0.4, -0.2) is 15.0 Å². The highest BCUT2D eigenvalue weighted by Gasteiger charge is 2.01. The molecule has 2 aromatic heterocycles. The Morgan fingerprint density at radius 1 is 1.00 bits per heavy atom. The molecule has 1 N–H and O–H groups in total. The van der Waals surface area contributed by atoms with Crippen molar-refractivity contribution in [2.75, 3.05) is 5.32 Å². The molecule has 0 radical (unpaired) electrons. The van der Waals surface area contributed by atoms with Gasteiger partial charge in [0.05, 0.1) is 11.7 Å². The number of halogens is 1.